The van der Waals surface area contributed by atoms with Crippen molar-refractivity contribution in [2.24, 2.45) is 0 Å². The molecule has 1 aliphatic heterocycles. The standard InChI is InChI=1S/C17H10BrFN2O2/c18-13-7-12-14(9-23-15-6-10(19)8-20-16(12)15)21(17(13)22)11-4-2-1-3-5-11/h1-8H,9H2. The zero-order valence-corrected chi connectivity index (χ0v) is 13.4. The van der Waals surface area contributed by atoms with Gasteiger partial charge < -0.3 is 4.74 Å². The van der Waals surface area contributed by atoms with Crippen molar-refractivity contribution >= 4 is 15.9 Å². The van der Waals surface area contributed by atoms with Gasteiger partial charge in [-0.2, -0.15) is 0 Å². The van der Waals surface area contributed by atoms with Gasteiger partial charge in [0, 0.05) is 17.3 Å². The third-order valence-electron chi connectivity index (χ3n) is 3.71. The van der Waals surface area contributed by atoms with Crippen LogP contribution in [0, 0.1) is 5.82 Å². The third-order valence-corrected chi connectivity index (χ3v) is 4.28. The van der Waals surface area contributed by atoms with Crippen molar-refractivity contribution in [1.82, 2.24) is 9.55 Å². The van der Waals surface area contributed by atoms with Gasteiger partial charge in [0.2, 0.25) is 0 Å². The van der Waals surface area contributed by atoms with E-state index in [9.17, 15) is 9.18 Å². The van der Waals surface area contributed by atoms with Crippen molar-refractivity contribution in [2.45, 2.75) is 6.61 Å². The summed E-state index contributed by atoms with van der Waals surface area (Å²) in [6.45, 7) is 0.172. The Bertz CT molecular complexity index is 970. The molecular weight excluding hydrogens is 363 g/mol. The number of benzene rings is 1. The van der Waals surface area contributed by atoms with E-state index in [-0.39, 0.29) is 12.2 Å². The number of aromatic nitrogens is 2. The highest BCUT2D eigenvalue weighted by atomic mass is 79.9. The summed E-state index contributed by atoms with van der Waals surface area (Å²) in [7, 11) is 0. The summed E-state index contributed by atoms with van der Waals surface area (Å²) in [5.74, 6) is -0.0784. The van der Waals surface area contributed by atoms with Crippen LogP contribution in [0.3, 0.4) is 0 Å². The minimum atomic E-state index is -0.456. The molecule has 114 valence electrons. The number of fused-ring (bicyclic) bond motifs is 3. The molecule has 0 saturated heterocycles. The van der Waals surface area contributed by atoms with Gasteiger partial charge in [-0.1, -0.05) is 18.2 Å². The molecule has 4 rings (SSSR count). The Morgan fingerprint density at radius 3 is 2.78 bits per heavy atom. The van der Waals surface area contributed by atoms with Gasteiger partial charge >= 0.3 is 0 Å². The summed E-state index contributed by atoms with van der Waals surface area (Å²) in [5.41, 5.74) is 2.53. The Balaban J connectivity index is 2.05. The Kier molecular flexibility index (Phi) is 3.27. The van der Waals surface area contributed by atoms with Crippen LogP contribution in [0.2, 0.25) is 0 Å². The first-order valence-corrected chi connectivity index (χ1v) is 7.73. The molecule has 0 spiro atoms. The first-order chi connectivity index (χ1) is 11.1. The van der Waals surface area contributed by atoms with Gasteiger partial charge in [-0.15, -0.1) is 0 Å². The van der Waals surface area contributed by atoms with E-state index in [0.717, 1.165) is 17.4 Å². The highest BCUT2D eigenvalue weighted by molar-refractivity contribution is 9.10. The normalized spacial score (nSPS) is 12.3. The number of pyridine rings is 2. The fourth-order valence-electron chi connectivity index (χ4n) is 2.70. The van der Waals surface area contributed by atoms with E-state index >= 15 is 0 Å². The number of ether oxygens (including phenoxy) is 1. The second-order valence-electron chi connectivity index (χ2n) is 5.12. The molecule has 0 fully saturated rings. The number of hydrogen-bond donors (Lipinski definition) is 0. The maximum Gasteiger partial charge on any atom is 0.269 e. The minimum absolute atomic E-state index is 0.172. The number of rotatable bonds is 1. The molecule has 23 heavy (non-hydrogen) atoms. The Labute approximate surface area is 139 Å². The molecule has 4 nitrogen and oxygen atoms in total. The van der Waals surface area contributed by atoms with Gasteiger partial charge in [-0.25, -0.2) is 9.37 Å². The van der Waals surface area contributed by atoms with Gasteiger partial charge in [0.05, 0.1) is 16.4 Å². The molecule has 0 amide bonds. The first kappa shape index (κ1) is 14.1. The SMILES string of the molecule is O=c1c(Br)cc2c(n1-c1ccccc1)COc1cc(F)cnc1-2. The van der Waals surface area contributed by atoms with Crippen molar-refractivity contribution < 1.29 is 9.13 Å². The van der Waals surface area contributed by atoms with Crippen LogP contribution in [0.15, 0.2) is 57.9 Å². The second kappa shape index (κ2) is 5.31. The molecule has 0 atom stereocenters. The van der Waals surface area contributed by atoms with Crippen LogP contribution in [0.1, 0.15) is 5.69 Å². The van der Waals surface area contributed by atoms with Gasteiger partial charge in [-0.3, -0.25) is 9.36 Å². The van der Waals surface area contributed by atoms with Crippen molar-refractivity contribution in [3.05, 3.63) is 75.0 Å². The zero-order chi connectivity index (χ0) is 16.0. The summed E-state index contributed by atoms with van der Waals surface area (Å²) >= 11 is 3.31. The Hall–Kier alpha value is -2.47. The maximum absolute atomic E-state index is 13.4. The maximum atomic E-state index is 13.4. The molecule has 0 radical (unpaired) electrons. The van der Waals surface area contributed by atoms with Crippen molar-refractivity contribution in [1.29, 1.82) is 0 Å². The lowest BCUT2D eigenvalue weighted by molar-refractivity contribution is 0.290. The van der Waals surface area contributed by atoms with E-state index in [1.165, 1.54) is 6.07 Å². The quantitative estimate of drug-likeness (QED) is 0.654. The molecule has 1 aliphatic rings. The Morgan fingerprint density at radius 2 is 2.00 bits per heavy atom. The van der Waals surface area contributed by atoms with E-state index in [1.54, 1.807) is 10.6 Å². The molecule has 0 aliphatic carbocycles. The number of nitrogens with zero attached hydrogens (tertiary/aromatic N) is 2. The average Bonchev–Trinajstić information content (AvgIpc) is 2.56. The van der Waals surface area contributed by atoms with Gasteiger partial charge in [0.25, 0.3) is 5.56 Å². The highest BCUT2D eigenvalue weighted by Gasteiger charge is 2.24. The van der Waals surface area contributed by atoms with E-state index in [4.69, 9.17) is 4.74 Å². The lowest BCUT2D eigenvalue weighted by Gasteiger charge is -2.23. The monoisotopic (exact) mass is 372 g/mol. The second-order valence-corrected chi connectivity index (χ2v) is 5.97. The zero-order valence-electron chi connectivity index (χ0n) is 11.8. The molecule has 0 unspecified atom stereocenters. The summed E-state index contributed by atoms with van der Waals surface area (Å²) in [6.07, 6.45) is 1.14. The predicted octanol–water partition coefficient (Wildman–Crippen LogP) is 3.69. The van der Waals surface area contributed by atoms with Gasteiger partial charge in [-0.05, 0) is 34.1 Å². The van der Waals surface area contributed by atoms with Crippen molar-refractivity contribution in [3.63, 3.8) is 0 Å². The summed E-state index contributed by atoms with van der Waals surface area (Å²) in [4.78, 5) is 16.7. The summed E-state index contributed by atoms with van der Waals surface area (Å²) in [5, 5.41) is 0. The lowest BCUT2D eigenvalue weighted by Crippen LogP contribution is -2.26. The van der Waals surface area contributed by atoms with Crippen LogP contribution >= 0.6 is 15.9 Å². The van der Waals surface area contributed by atoms with E-state index in [0.29, 0.717) is 21.6 Å². The number of para-hydroxylation sites is 1. The van der Waals surface area contributed by atoms with Crippen LogP contribution in [0.5, 0.6) is 5.75 Å². The van der Waals surface area contributed by atoms with Gasteiger partial charge in [0.15, 0.2) is 0 Å². The number of hydrogen-bond acceptors (Lipinski definition) is 3. The van der Waals surface area contributed by atoms with Crippen molar-refractivity contribution in [2.75, 3.05) is 0 Å². The Morgan fingerprint density at radius 1 is 1.22 bits per heavy atom. The molecule has 6 heteroatoms. The number of halogens is 2. The van der Waals surface area contributed by atoms with E-state index in [1.807, 2.05) is 30.3 Å². The third kappa shape index (κ3) is 2.26. The van der Waals surface area contributed by atoms with Crippen LogP contribution < -0.4 is 10.3 Å². The van der Waals surface area contributed by atoms with E-state index < -0.39 is 5.82 Å². The van der Waals surface area contributed by atoms with Crippen LogP contribution in [0.25, 0.3) is 16.9 Å². The highest BCUT2D eigenvalue weighted by Crippen LogP contribution is 2.37. The van der Waals surface area contributed by atoms with Crippen LogP contribution in [0.4, 0.5) is 4.39 Å². The molecule has 2 aromatic heterocycles. The van der Waals surface area contributed by atoms with Gasteiger partial charge in [0.1, 0.15) is 23.9 Å². The summed E-state index contributed by atoms with van der Waals surface area (Å²) in [6, 6.07) is 12.3. The molecule has 0 bridgehead atoms. The fraction of sp³-hybridized carbons (Fsp3) is 0.0588. The largest absolute Gasteiger partial charge is 0.485 e. The topological polar surface area (TPSA) is 44.1 Å². The molecule has 3 heterocycles. The predicted molar refractivity (Wildman–Crippen MR) is 87.3 cm³/mol. The smallest absolute Gasteiger partial charge is 0.269 e. The molecule has 0 saturated carbocycles. The fourth-order valence-corrected chi connectivity index (χ4v) is 3.10. The molecular formula is C17H10BrFN2O2. The molecule has 1 aromatic carbocycles. The summed E-state index contributed by atoms with van der Waals surface area (Å²) < 4.78 is 21.0. The minimum Gasteiger partial charge on any atom is -0.485 e. The van der Waals surface area contributed by atoms with Crippen molar-refractivity contribution in [3.8, 4) is 22.7 Å². The molecule has 3 aromatic rings. The van der Waals surface area contributed by atoms with E-state index in [2.05, 4.69) is 20.9 Å². The van der Waals surface area contributed by atoms with Crippen LogP contribution in [-0.4, -0.2) is 9.55 Å². The molecule has 0 N–H and O–H groups in total. The first-order valence-electron chi connectivity index (χ1n) is 6.94. The van der Waals surface area contributed by atoms with Crippen LogP contribution in [-0.2, 0) is 6.61 Å². The lowest BCUT2D eigenvalue weighted by atomic mass is 10.1. The average molecular weight is 373 g/mol.